The molecule has 1 amide bonds. The predicted molar refractivity (Wildman–Crippen MR) is 106 cm³/mol. The van der Waals surface area contributed by atoms with Gasteiger partial charge in [-0.2, -0.15) is 5.10 Å². The van der Waals surface area contributed by atoms with Crippen LogP contribution in [-0.4, -0.2) is 43.2 Å². The zero-order valence-electron chi connectivity index (χ0n) is 16.8. The summed E-state index contributed by atoms with van der Waals surface area (Å²) in [5.74, 6) is 2.10. The first-order chi connectivity index (χ1) is 13.5. The molecule has 2 aromatic heterocycles. The van der Waals surface area contributed by atoms with Crippen molar-refractivity contribution in [1.82, 2.24) is 24.2 Å². The second-order valence-electron chi connectivity index (χ2n) is 8.32. The minimum atomic E-state index is -0.221. The first kappa shape index (κ1) is 18.9. The van der Waals surface area contributed by atoms with E-state index in [4.69, 9.17) is 0 Å². The van der Waals surface area contributed by atoms with Crippen LogP contribution in [0.2, 0.25) is 0 Å². The Kier molecular flexibility index (Phi) is 5.33. The van der Waals surface area contributed by atoms with Gasteiger partial charge in [0.05, 0.1) is 5.69 Å². The molecule has 1 saturated carbocycles. The topological polar surface area (TPSA) is 73.0 Å². The summed E-state index contributed by atoms with van der Waals surface area (Å²) in [6.07, 6.45) is 9.93. The van der Waals surface area contributed by atoms with Crippen LogP contribution < -0.4 is 5.56 Å². The van der Waals surface area contributed by atoms with Gasteiger partial charge >= 0.3 is 0 Å². The van der Waals surface area contributed by atoms with Gasteiger partial charge in [0, 0.05) is 44.0 Å². The van der Waals surface area contributed by atoms with Gasteiger partial charge in [-0.15, -0.1) is 0 Å². The first-order valence-corrected chi connectivity index (χ1v) is 10.4. The predicted octanol–water partition coefficient (Wildman–Crippen LogP) is 2.26. The third-order valence-corrected chi connectivity index (χ3v) is 6.29. The van der Waals surface area contributed by atoms with Gasteiger partial charge in [-0.05, 0) is 51.0 Å². The highest BCUT2D eigenvalue weighted by Crippen LogP contribution is 2.31. The molecule has 1 unspecified atom stereocenters. The SMILES string of the molecule is Cc1cc(=O)n(CC(=O)N2CCCC(c3nccn3CC3CCC3)C2)nc1C. The molecule has 0 spiro atoms. The molecule has 4 rings (SSSR count). The van der Waals surface area contributed by atoms with E-state index in [1.165, 1.54) is 23.9 Å². The number of rotatable bonds is 5. The van der Waals surface area contributed by atoms with Crippen LogP contribution in [0.3, 0.4) is 0 Å². The molecule has 1 aliphatic carbocycles. The average molecular weight is 383 g/mol. The summed E-state index contributed by atoms with van der Waals surface area (Å²) in [5.41, 5.74) is 1.41. The van der Waals surface area contributed by atoms with Crippen LogP contribution in [0.25, 0.3) is 0 Å². The van der Waals surface area contributed by atoms with Crippen molar-refractivity contribution >= 4 is 5.91 Å². The number of aromatic nitrogens is 4. The molecule has 150 valence electrons. The highest BCUT2D eigenvalue weighted by Gasteiger charge is 2.29. The van der Waals surface area contributed by atoms with E-state index in [1.54, 1.807) is 6.07 Å². The zero-order valence-corrected chi connectivity index (χ0v) is 16.8. The lowest BCUT2D eigenvalue weighted by Crippen LogP contribution is -2.43. The summed E-state index contributed by atoms with van der Waals surface area (Å²) in [7, 11) is 0. The average Bonchev–Trinajstić information content (AvgIpc) is 3.11. The summed E-state index contributed by atoms with van der Waals surface area (Å²) < 4.78 is 3.57. The van der Waals surface area contributed by atoms with E-state index in [9.17, 15) is 9.59 Å². The van der Waals surface area contributed by atoms with Crippen molar-refractivity contribution in [1.29, 1.82) is 0 Å². The number of imidazole rings is 1. The molecular formula is C21H29N5O2. The second-order valence-corrected chi connectivity index (χ2v) is 8.32. The standard InChI is InChI=1S/C21H29N5O2/c1-15-11-19(27)26(23-16(15)2)14-20(28)24-9-4-7-18(13-24)21-22-8-10-25(21)12-17-5-3-6-17/h8,10-11,17-18H,3-7,9,12-14H2,1-2H3. The van der Waals surface area contributed by atoms with Gasteiger partial charge in [-0.3, -0.25) is 9.59 Å². The van der Waals surface area contributed by atoms with E-state index in [-0.39, 0.29) is 23.9 Å². The Morgan fingerprint density at radius 1 is 1.21 bits per heavy atom. The summed E-state index contributed by atoms with van der Waals surface area (Å²) in [6, 6.07) is 1.55. The molecule has 28 heavy (non-hydrogen) atoms. The van der Waals surface area contributed by atoms with E-state index in [0.29, 0.717) is 6.54 Å². The maximum absolute atomic E-state index is 12.8. The molecule has 2 aromatic rings. The van der Waals surface area contributed by atoms with Crippen molar-refractivity contribution in [3.05, 3.63) is 45.9 Å². The maximum atomic E-state index is 12.8. The minimum absolute atomic E-state index is 0.00316. The molecule has 7 nitrogen and oxygen atoms in total. The van der Waals surface area contributed by atoms with Crippen molar-refractivity contribution in [3.63, 3.8) is 0 Å². The number of aryl methyl sites for hydroxylation is 2. The fraction of sp³-hybridized carbons (Fsp3) is 0.619. The molecule has 0 radical (unpaired) electrons. The molecular weight excluding hydrogens is 354 g/mol. The van der Waals surface area contributed by atoms with Crippen LogP contribution in [0.1, 0.15) is 55.1 Å². The van der Waals surface area contributed by atoms with Crippen LogP contribution in [0, 0.1) is 19.8 Å². The number of nitrogens with zero attached hydrogens (tertiary/aromatic N) is 5. The van der Waals surface area contributed by atoms with Crippen LogP contribution in [0.15, 0.2) is 23.3 Å². The highest BCUT2D eigenvalue weighted by molar-refractivity contribution is 5.76. The molecule has 1 saturated heterocycles. The van der Waals surface area contributed by atoms with Gasteiger partial charge in [0.1, 0.15) is 12.4 Å². The molecule has 0 aromatic carbocycles. The van der Waals surface area contributed by atoms with Crippen molar-refractivity contribution < 1.29 is 4.79 Å². The lowest BCUT2D eigenvalue weighted by molar-refractivity contribution is -0.133. The second kappa shape index (κ2) is 7.89. The summed E-state index contributed by atoms with van der Waals surface area (Å²) in [4.78, 5) is 31.5. The van der Waals surface area contributed by atoms with Gasteiger partial charge in [0.15, 0.2) is 0 Å². The Bertz CT molecular complexity index is 912. The number of hydrogen-bond acceptors (Lipinski definition) is 4. The number of likely N-dealkylation sites (tertiary alicyclic amines) is 1. The Morgan fingerprint density at radius 2 is 2.04 bits per heavy atom. The lowest BCUT2D eigenvalue weighted by atomic mass is 9.85. The normalized spacial score (nSPS) is 20.2. The third kappa shape index (κ3) is 3.88. The molecule has 2 fully saturated rings. The number of amides is 1. The van der Waals surface area contributed by atoms with Crippen LogP contribution >= 0.6 is 0 Å². The third-order valence-electron chi connectivity index (χ3n) is 6.29. The van der Waals surface area contributed by atoms with E-state index in [0.717, 1.165) is 48.9 Å². The van der Waals surface area contributed by atoms with Crippen LogP contribution in [0.5, 0.6) is 0 Å². The fourth-order valence-electron chi connectivity index (χ4n) is 4.22. The van der Waals surface area contributed by atoms with E-state index >= 15 is 0 Å². The van der Waals surface area contributed by atoms with Crippen LogP contribution in [0.4, 0.5) is 0 Å². The largest absolute Gasteiger partial charge is 0.340 e. The van der Waals surface area contributed by atoms with Gasteiger partial charge in [0.25, 0.3) is 5.56 Å². The van der Waals surface area contributed by atoms with Crippen molar-refractivity contribution in [2.24, 2.45) is 5.92 Å². The molecule has 3 heterocycles. The summed E-state index contributed by atoms with van der Waals surface area (Å²) >= 11 is 0. The molecule has 2 aliphatic rings. The molecule has 1 aliphatic heterocycles. The van der Waals surface area contributed by atoms with Gasteiger partial charge in [0.2, 0.25) is 5.91 Å². The lowest BCUT2D eigenvalue weighted by Gasteiger charge is -2.33. The summed E-state index contributed by atoms with van der Waals surface area (Å²) in [5, 5.41) is 4.28. The van der Waals surface area contributed by atoms with Crippen LogP contribution in [-0.2, 0) is 17.9 Å². The zero-order chi connectivity index (χ0) is 19.7. The quantitative estimate of drug-likeness (QED) is 0.794. The van der Waals surface area contributed by atoms with Gasteiger partial charge in [-0.1, -0.05) is 6.42 Å². The van der Waals surface area contributed by atoms with E-state index < -0.39 is 0 Å². The first-order valence-electron chi connectivity index (χ1n) is 10.4. The van der Waals surface area contributed by atoms with Crippen molar-refractivity contribution in [2.45, 2.75) is 65.0 Å². The Labute approximate surface area is 165 Å². The Balaban J connectivity index is 1.44. The number of hydrogen-bond donors (Lipinski definition) is 0. The van der Waals surface area contributed by atoms with Gasteiger partial charge < -0.3 is 9.47 Å². The highest BCUT2D eigenvalue weighted by atomic mass is 16.2. The van der Waals surface area contributed by atoms with Crippen molar-refractivity contribution in [3.8, 4) is 0 Å². The number of carbonyl (C=O) groups excluding carboxylic acids is 1. The minimum Gasteiger partial charge on any atom is -0.340 e. The monoisotopic (exact) mass is 383 g/mol. The van der Waals surface area contributed by atoms with Gasteiger partial charge in [-0.25, -0.2) is 9.67 Å². The van der Waals surface area contributed by atoms with E-state index in [1.807, 2.05) is 24.9 Å². The fourth-order valence-corrected chi connectivity index (χ4v) is 4.22. The van der Waals surface area contributed by atoms with E-state index in [2.05, 4.69) is 20.8 Å². The number of piperidine rings is 1. The molecule has 0 N–H and O–H groups in total. The smallest absolute Gasteiger partial charge is 0.267 e. The number of carbonyl (C=O) groups is 1. The Hall–Kier alpha value is -2.44. The maximum Gasteiger partial charge on any atom is 0.267 e. The summed E-state index contributed by atoms with van der Waals surface area (Å²) in [6.45, 7) is 6.16. The van der Waals surface area contributed by atoms with Crippen molar-refractivity contribution in [2.75, 3.05) is 13.1 Å². The molecule has 1 atom stereocenters. The Morgan fingerprint density at radius 3 is 2.79 bits per heavy atom. The molecule has 7 heteroatoms. The molecule has 0 bridgehead atoms.